The first-order valence-electron chi connectivity index (χ1n) is 8.88. The quantitative estimate of drug-likeness (QED) is 0.550. The Morgan fingerprint density at radius 1 is 1.31 bits per heavy atom. The summed E-state index contributed by atoms with van der Waals surface area (Å²) in [5.74, 6) is 0.547. The highest BCUT2D eigenvalue weighted by molar-refractivity contribution is 5.94. The Morgan fingerprint density at radius 2 is 2.12 bits per heavy atom. The standard InChI is InChI=1S/C20H22N4O2/c1-12-19(15-4-2-3-5-16(15)23-12)17(25)11-22-20(26)13-6-9-18(21-10-13)24-14-7-8-14/h2-6,9-10,14,17,23,25H,7-8,11H2,1H3,(H,21,24)(H,22,26). The molecule has 4 rings (SSSR count). The van der Waals surface area contributed by atoms with Crippen molar-refractivity contribution in [2.75, 3.05) is 11.9 Å². The number of nitrogens with one attached hydrogen (secondary N) is 3. The molecular formula is C20H22N4O2. The number of aromatic amines is 1. The summed E-state index contributed by atoms with van der Waals surface area (Å²) >= 11 is 0. The van der Waals surface area contributed by atoms with Gasteiger partial charge >= 0.3 is 0 Å². The van der Waals surface area contributed by atoms with Crippen LogP contribution in [0.3, 0.4) is 0 Å². The van der Waals surface area contributed by atoms with Gasteiger partial charge < -0.3 is 20.7 Å². The molecule has 134 valence electrons. The van der Waals surface area contributed by atoms with Gasteiger partial charge in [-0.3, -0.25) is 4.79 Å². The monoisotopic (exact) mass is 350 g/mol. The molecule has 1 aromatic carbocycles. The summed E-state index contributed by atoms with van der Waals surface area (Å²) in [5, 5.41) is 17.6. The van der Waals surface area contributed by atoms with E-state index in [0.29, 0.717) is 11.6 Å². The minimum absolute atomic E-state index is 0.142. The Balaban J connectivity index is 1.40. The molecule has 0 spiro atoms. The van der Waals surface area contributed by atoms with Crippen LogP contribution in [0, 0.1) is 6.92 Å². The van der Waals surface area contributed by atoms with Gasteiger partial charge in [-0.15, -0.1) is 0 Å². The van der Waals surface area contributed by atoms with Crippen LogP contribution < -0.4 is 10.6 Å². The average molecular weight is 350 g/mol. The molecule has 0 saturated heterocycles. The topological polar surface area (TPSA) is 90.0 Å². The molecule has 1 fully saturated rings. The van der Waals surface area contributed by atoms with Crippen LogP contribution in [0.4, 0.5) is 5.82 Å². The van der Waals surface area contributed by atoms with E-state index in [-0.39, 0.29) is 12.5 Å². The highest BCUT2D eigenvalue weighted by atomic mass is 16.3. The lowest BCUT2D eigenvalue weighted by atomic mass is 10.1. The zero-order valence-corrected chi connectivity index (χ0v) is 14.6. The molecule has 1 saturated carbocycles. The van der Waals surface area contributed by atoms with Gasteiger partial charge in [-0.05, 0) is 38.0 Å². The Kier molecular flexibility index (Phi) is 4.34. The van der Waals surface area contributed by atoms with E-state index in [1.165, 1.54) is 12.8 Å². The third-order valence-electron chi connectivity index (χ3n) is 4.69. The van der Waals surface area contributed by atoms with E-state index < -0.39 is 6.10 Å². The third kappa shape index (κ3) is 3.41. The van der Waals surface area contributed by atoms with Crippen molar-refractivity contribution in [1.29, 1.82) is 0 Å². The van der Waals surface area contributed by atoms with Crippen LogP contribution in [-0.4, -0.2) is 33.6 Å². The number of amides is 1. The maximum atomic E-state index is 12.3. The number of rotatable bonds is 6. The minimum Gasteiger partial charge on any atom is -0.386 e. The SMILES string of the molecule is Cc1[nH]c2ccccc2c1C(O)CNC(=O)c1ccc(NC2CC2)nc1. The molecule has 1 amide bonds. The normalized spacial score (nSPS) is 15.0. The fourth-order valence-electron chi connectivity index (χ4n) is 3.17. The number of carbonyl (C=O) groups excluding carboxylic acids is 1. The molecule has 0 radical (unpaired) electrons. The number of carbonyl (C=O) groups is 1. The highest BCUT2D eigenvalue weighted by Crippen LogP contribution is 2.27. The van der Waals surface area contributed by atoms with Crippen LogP contribution in [0.25, 0.3) is 10.9 Å². The molecule has 1 aliphatic rings. The van der Waals surface area contributed by atoms with E-state index in [2.05, 4.69) is 20.6 Å². The Labute approximate surface area is 151 Å². The second-order valence-electron chi connectivity index (χ2n) is 6.79. The number of aryl methyl sites for hydroxylation is 1. The number of hydrogen-bond acceptors (Lipinski definition) is 4. The van der Waals surface area contributed by atoms with Crippen LogP contribution in [-0.2, 0) is 0 Å². The summed E-state index contributed by atoms with van der Waals surface area (Å²) in [4.78, 5) is 19.9. The van der Waals surface area contributed by atoms with Crippen molar-refractivity contribution < 1.29 is 9.90 Å². The molecule has 6 nitrogen and oxygen atoms in total. The average Bonchev–Trinajstić information content (AvgIpc) is 3.39. The van der Waals surface area contributed by atoms with E-state index in [4.69, 9.17) is 0 Å². The van der Waals surface area contributed by atoms with Crippen molar-refractivity contribution in [1.82, 2.24) is 15.3 Å². The number of aliphatic hydroxyl groups excluding tert-OH is 1. The zero-order chi connectivity index (χ0) is 18.1. The molecule has 0 bridgehead atoms. The summed E-state index contributed by atoms with van der Waals surface area (Å²) < 4.78 is 0. The lowest BCUT2D eigenvalue weighted by molar-refractivity contribution is 0.0916. The van der Waals surface area contributed by atoms with Crippen molar-refractivity contribution in [3.8, 4) is 0 Å². The van der Waals surface area contributed by atoms with E-state index >= 15 is 0 Å². The number of anilines is 1. The Morgan fingerprint density at radius 3 is 2.85 bits per heavy atom. The first kappa shape index (κ1) is 16.6. The summed E-state index contributed by atoms with van der Waals surface area (Å²) in [6.07, 6.45) is 3.13. The van der Waals surface area contributed by atoms with Crippen molar-refractivity contribution >= 4 is 22.6 Å². The fourth-order valence-corrected chi connectivity index (χ4v) is 3.17. The van der Waals surface area contributed by atoms with Crippen LogP contribution in [0.1, 0.15) is 40.6 Å². The first-order chi connectivity index (χ1) is 12.6. The van der Waals surface area contributed by atoms with Crippen LogP contribution >= 0.6 is 0 Å². The van der Waals surface area contributed by atoms with E-state index in [1.54, 1.807) is 12.3 Å². The Bertz CT molecular complexity index is 929. The van der Waals surface area contributed by atoms with E-state index in [0.717, 1.165) is 28.0 Å². The van der Waals surface area contributed by atoms with Gasteiger partial charge in [-0.1, -0.05) is 18.2 Å². The smallest absolute Gasteiger partial charge is 0.252 e. The summed E-state index contributed by atoms with van der Waals surface area (Å²) in [7, 11) is 0. The lowest BCUT2D eigenvalue weighted by Gasteiger charge is -2.13. The van der Waals surface area contributed by atoms with Gasteiger partial charge in [-0.25, -0.2) is 4.98 Å². The Hall–Kier alpha value is -2.86. The fraction of sp³-hybridized carbons (Fsp3) is 0.300. The van der Waals surface area contributed by atoms with Gasteiger partial charge in [0.1, 0.15) is 5.82 Å². The number of fused-ring (bicyclic) bond motifs is 1. The van der Waals surface area contributed by atoms with Crippen LogP contribution in [0.15, 0.2) is 42.6 Å². The summed E-state index contributed by atoms with van der Waals surface area (Å²) in [5.41, 5.74) is 3.19. The van der Waals surface area contributed by atoms with Gasteiger partial charge in [0.15, 0.2) is 0 Å². The summed E-state index contributed by atoms with van der Waals surface area (Å²) in [6, 6.07) is 11.9. The first-order valence-corrected chi connectivity index (χ1v) is 8.88. The third-order valence-corrected chi connectivity index (χ3v) is 4.69. The maximum Gasteiger partial charge on any atom is 0.252 e. The van der Waals surface area contributed by atoms with Crippen LogP contribution in [0.2, 0.25) is 0 Å². The van der Waals surface area contributed by atoms with Crippen molar-refractivity contribution in [3.05, 3.63) is 59.4 Å². The number of para-hydroxylation sites is 1. The van der Waals surface area contributed by atoms with Gasteiger partial charge in [0.25, 0.3) is 5.91 Å². The molecule has 26 heavy (non-hydrogen) atoms. The number of pyridine rings is 1. The highest BCUT2D eigenvalue weighted by Gasteiger charge is 2.21. The van der Waals surface area contributed by atoms with Crippen molar-refractivity contribution in [2.24, 2.45) is 0 Å². The molecule has 0 aliphatic heterocycles. The second-order valence-corrected chi connectivity index (χ2v) is 6.79. The molecular weight excluding hydrogens is 328 g/mol. The molecule has 2 heterocycles. The van der Waals surface area contributed by atoms with Gasteiger partial charge in [-0.2, -0.15) is 0 Å². The van der Waals surface area contributed by atoms with Gasteiger partial charge in [0, 0.05) is 40.9 Å². The predicted octanol–water partition coefficient (Wildman–Crippen LogP) is 2.91. The number of hydrogen-bond donors (Lipinski definition) is 4. The molecule has 3 aromatic rings. The molecule has 1 unspecified atom stereocenters. The number of benzene rings is 1. The molecule has 2 aromatic heterocycles. The minimum atomic E-state index is -0.779. The lowest BCUT2D eigenvalue weighted by Crippen LogP contribution is -2.28. The number of aliphatic hydroxyl groups is 1. The van der Waals surface area contributed by atoms with Gasteiger partial charge in [0.05, 0.1) is 11.7 Å². The number of H-pyrrole nitrogens is 1. The van der Waals surface area contributed by atoms with Crippen molar-refractivity contribution in [3.63, 3.8) is 0 Å². The predicted molar refractivity (Wildman–Crippen MR) is 101 cm³/mol. The second kappa shape index (κ2) is 6.80. The van der Waals surface area contributed by atoms with Gasteiger partial charge in [0.2, 0.25) is 0 Å². The number of nitrogens with zero attached hydrogens (tertiary/aromatic N) is 1. The number of aromatic nitrogens is 2. The summed E-state index contributed by atoms with van der Waals surface area (Å²) in [6.45, 7) is 2.07. The zero-order valence-electron chi connectivity index (χ0n) is 14.6. The molecule has 1 aliphatic carbocycles. The molecule has 6 heteroatoms. The largest absolute Gasteiger partial charge is 0.386 e. The van der Waals surface area contributed by atoms with Crippen molar-refractivity contribution in [2.45, 2.75) is 31.9 Å². The van der Waals surface area contributed by atoms with Crippen LogP contribution in [0.5, 0.6) is 0 Å². The maximum absolute atomic E-state index is 12.3. The van der Waals surface area contributed by atoms with E-state index in [1.807, 2.05) is 37.3 Å². The molecule has 4 N–H and O–H groups in total. The molecule has 1 atom stereocenters. The van der Waals surface area contributed by atoms with E-state index in [9.17, 15) is 9.90 Å².